The van der Waals surface area contributed by atoms with Crippen LogP contribution in [0.1, 0.15) is 23.6 Å². The van der Waals surface area contributed by atoms with Crippen molar-refractivity contribution in [1.29, 1.82) is 0 Å². The van der Waals surface area contributed by atoms with Crippen molar-refractivity contribution in [2.24, 2.45) is 0 Å². The summed E-state index contributed by atoms with van der Waals surface area (Å²) in [7, 11) is 0. The number of likely N-dealkylation sites (tertiary alicyclic amines) is 1. The van der Waals surface area contributed by atoms with E-state index in [1.807, 2.05) is 6.26 Å². The van der Waals surface area contributed by atoms with E-state index in [2.05, 4.69) is 63.9 Å². The molecule has 0 unspecified atom stereocenters. The maximum absolute atomic E-state index is 5.21. The number of benzene rings is 1. The molecule has 18 heavy (non-hydrogen) atoms. The molecule has 0 aliphatic carbocycles. The number of nitrogens with zero attached hydrogens (tertiary/aromatic N) is 1. The lowest BCUT2D eigenvalue weighted by molar-refractivity contribution is 0.0207. The molecular weight excluding hydrogens is 337 g/mol. The van der Waals surface area contributed by atoms with E-state index in [-0.39, 0.29) is 0 Å². The van der Waals surface area contributed by atoms with Gasteiger partial charge in [0, 0.05) is 28.6 Å². The monoisotopic (exact) mass is 353 g/mol. The summed E-state index contributed by atoms with van der Waals surface area (Å²) in [4.78, 5) is 2.58. The highest BCUT2D eigenvalue weighted by atomic mass is 127. The van der Waals surface area contributed by atoms with E-state index in [1.54, 1.807) is 6.26 Å². The van der Waals surface area contributed by atoms with Crippen LogP contribution in [0.15, 0.2) is 53.3 Å². The van der Waals surface area contributed by atoms with Gasteiger partial charge in [-0.15, -0.1) is 0 Å². The summed E-state index contributed by atoms with van der Waals surface area (Å²) in [6, 6.07) is 14.0. The van der Waals surface area contributed by atoms with Gasteiger partial charge in [0.2, 0.25) is 0 Å². The lowest BCUT2D eigenvalue weighted by atomic mass is 9.89. The van der Waals surface area contributed by atoms with Gasteiger partial charge in [-0.05, 0) is 18.1 Å². The van der Waals surface area contributed by atoms with Crippen molar-refractivity contribution in [3.05, 3.63) is 60.1 Å². The Hall–Kier alpha value is -0.810. The predicted molar refractivity (Wildman–Crippen MR) is 80.7 cm³/mol. The molecule has 94 valence electrons. The van der Waals surface area contributed by atoms with Gasteiger partial charge in [-0.3, -0.25) is 4.90 Å². The van der Waals surface area contributed by atoms with Gasteiger partial charge in [-0.1, -0.05) is 52.9 Å². The van der Waals surface area contributed by atoms with Gasteiger partial charge in [0.25, 0.3) is 0 Å². The molecule has 2 atom stereocenters. The van der Waals surface area contributed by atoms with Crippen molar-refractivity contribution in [3.63, 3.8) is 0 Å². The third-order valence-corrected chi connectivity index (χ3v) is 4.70. The Morgan fingerprint density at radius 1 is 1.22 bits per heavy atom. The van der Waals surface area contributed by atoms with Crippen molar-refractivity contribution >= 4 is 22.6 Å². The lowest BCUT2D eigenvalue weighted by Crippen LogP contribution is -2.50. The van der Waals surface area contributed by atoms with Crippen molar-refractivity contribution in [3.8, 4) is 0 Å². The Morgan fingerprint density at radius 3 is 2.72 bits per heavy atom. The largest absolute Gasteiger partial charge is 0.472 e. The van der Waals surface area contributed by atoms with Crippen molar-refractivity contribution < 1.29 is 4.42 Å². The average molecular weight is 353 g/mol. The number of rotatable bonds is 4. The van der Waals surface area contributed by atoms with E-state index >= 15 is 0 Å². The fourth-order valence-electron chi connectivity index (χ4n) is 2.62. The van der Waals surface area contributed by atoms with Crippen LogP contribution in [0.2, 0.25) is 0 Å². The summed E-state index contributed by atoms with van der Waals surface area (Å²) in [5.41, 5.74) is 2.70. The van der Waals surface area contributed by atoms with E-state index in [0.717, 1.165) is 6.54 Å². The zero-order chi connectivity index (χ0) is 12.4. The highest BCUT2D eigenvalue weighted by Gasteiger charge is 2.38. The summed E-state index contributed by atoms with van der Waals surface area (Å²) in [5, 5.41) is 0. The molecule has 2 nitrogen and oxygen atoms in total. The van der Waals surface area contributed by atoms with Gasteiger partial charge in [0.15, 0.2) is 0 Å². The van der Waals surface area contributed by atoms with Crippen LogP contribution in [-0.4, -0.2) is 15.4 Å². The molecule has 3 heteroatoms. The van der Waals surface area contributed by atoms with Crippen LogP contribution in [-0.2, 0) is 6.54 Å². The predicted octanol–water partition coefficient (Wildman–Crippen LogP) is 4.03. The molecule has 1 saturated heterocycles. The highest BCUT2D eigenvalue weighted by Crippen LogP contribution is 2.40. The highest BCUT2D eigenvalue weighted by molar-refractivity contribution is 14.1. The minimum absolute atomic E-state index is 0.531. The first kappa shape index (κ1) is 12.2. The second-order valence-electron chi connectivity index (χ2n) is 4.77. The zero-order valence-electron chi connectivity index (χ0n) is 10.1. The van der Waals surface area contributed by atoms with Crippen LogP contribution < -0.4 is 0 Å². The van der Waals surface area contributed by atoms with Gasteiger partial charge in [-0.25, -0.2) is 0 Å². The lowest BCUT2D eigenvalue weighted by Gasteiger charge is -2.48. The van der Waals surface area contributed by atoms with Crippen LogP contribution >= 0.6 is 22.6 Å². The summed E-state index contributed by atoms with van der Waals surface area (Å²) < 4.78 is 6.40. The summed E-state index contributed by atoms with van der Waals surface area (Å²) >= 11 is 2.49. The Labute approximate surface area is 121 Å². The van der Waals surface area contributed by atoms with Crippen molar-refractivity contribution in [1.82, 2.24) is 4.90 Å². The second kappa shape index (κ2) is 5.45. The topological polar surface area (TPSA) is 16.4 Å². The van der Waals surface area contributed by atoms with Crippen molar-refractivity contribution in [2.45, 2.75) is 25.0 Å². The van der Waals surface area contributed by atoms with Gasteiger partial charge in [0.1, 0.15) is 0 Å². The maximum Gasteiger partial charge on any atom is 0.0950 e. The second-order valence-corrected chi connectivity index (χ2v) is 5.66. The normalized spacial score (nSPS) is 23.8. The van der Waals surface area contributed by atoms with Crippen LogP contribution in [0.3, 0.4) is 0 Å². The van der Waals surface area contributed by atoms with Gasteiger partial charge < -0.3 is 4.42 Å². The molecular formula is C15H16INO. The Balaban J connectivity index is 1.75. The van der Waals surface area contributed by atoms with Crippen LogP contribution in [0.25, 0.3) is 0 Å². The van der Waals surface area contributed by atoms with Gasteiger partial charge >= 0.3 is 0 Å². The van der Waals surface area contributed by atoms with Gasteiger partial charge in [0.05, 0.1) is 12.5 Å². The molecule has 2 heterocycles. The first-order valence-electron chi connectivity index (χ1n) is 6.26. The third-order valence-electron chi connectivity index (χ3n) is 3.68. The van der Waals surface area contributed by atoms with Crippen LogP contribution in [0, 0.1) is 0 Å². The summed E-state index contributed by atoms with van der Waals surface area (Å²) in [6.45, 7) is 1.03. The Morgan fingerprint density at radius 2 is 2.06 bits per heavy atom. The van der Waals surface area contributed by atoms with Crippen LogP contribution in [0.4, 0.5) is 0 Å². The minimum Gasteiger partial charge on any atom is -0.472 e. The minimum atomic E-state index is 0.531. The first-order chi connectivity index (χ1) is 8.88. The SMILES string of the molecule is IC[C@@H]1C[C@H](c2ccoc2)N1Cc1ccccc1. The molecule has 3 rings (SSSR count). The first-order valence-corrected chi connectivity index (χ1v) is 7.79. The fraction of sp³-hybridized carbons (Fsp3) is 0.333. The number of furan rings is 1. The molecule has 2 aromatic rings. The van der Waals surface area contributed by atoms with E-state index in [9.17, 15) is 0 Å². The molecule has 0 saturated carbocycles. The molecule has 1 aliphatic heterocycles. The van der Waals surface area contributed by atoms with E-state index in [0.29, 0.717) is 12.1 Å². The Kier molecular flexibility index (Phi) is 3.70. The fourth-order valence-corrected chi connectivity index (χ4v) is 3.49. The molecule has 0 spiro atoms. The number of alkyl halides is 1. The van der Waals surface area contributed by atoms with E-state index < -0.39 is 0 Å². The smallest absolute Gasteiger partial charge is 0.0950 e. The number of hydrogen-bond acceptors (Lipinski definition) is 2. The van der Waals surface area contributed by atoms with E-state index in [4.69, 9.17) is 4.42 Å². The molecule has 1 fully saturated rings. The molecule has 0 N–H and O–H groups in total. The summed E-state index contributed by atoms with van der Waals surface area (Å²) in [5.74, 6) is 0. The van der Waals surface area contributed by atoms with Crippen LogP contribution in [0.5, 0.6) is 0 Å². The average Bonchev–Trinajstić information content (AvgIpc) is 2.90. The molecule has 1 aromatic carbocycles. The standard InChI is InChI=1S/C15H16INO/c16-9-14-8-15(13-6-7-18-11-13)17(14)10-12-4-2-1-3-5-12/h1-7,11,14-15H,8-10H2/t14-,15+/m0/s1. The van der Waals surface area contributed by atoms with Gasteiger partial charge in [-0.2, -0.15) is 0 Å². The molecule has 0 radical (unpaired) electrons. The molecule has 0 amide bonds. The quantitative estimate of drug-likeness (QED) is 0.610. The number of hydrogen-bond donors (Lipinski definition) is 0. The zero-order valence-corrected chi connectivity index (χ0v) is 12.3. The Bertz CT molecular complexity index is 482. The molecule has 1 aromatic heterocycles. The molecule has 1 aliphatic rings. The maximum atomic E-state index is 5.21. The van der Waals surface area contributed by atoms with Crippen molar-refractivity contribution in [2.75, 3.05) is 4.43 Å². The third kappa shape index (κ3) is 2.34. The number of halogens is 1. The summed E-state index contributed by atoms with van der Waals surface area (Å²) in [6.07, 6.45) is 4.90. The van der Waals surface area contributed by atoms with E-state index in [1.165, 1.54) is 22.0 Å². The molecule has 0 bridgehead atoms.